The summed E-state index contributed by atoms with van der Waals surface area (Å²) in [5.41, 5.74) is 1.84. The van der Waals surface area contributed by atoms with E-state index in [0.29, 0.717) is 11.3 Å². The van der Waals surface area contributed by atoms with E-state index in [1.165, 1.54) is 12.1 Å². The third kappa shape index (κ3) is 2.49. The number of benzene rings is 2. The van der Waals surface area contributed by atoms with E-state index in [-0.39, 0.29) is 11.5 Å². The topological polar surface area (TPSA) is 82.2 Å². The number of aromatic amines is 1. The SMILES string of the molecule is O=C(O)c1cccc(NC(=O)c2cccc3cc[nH]c23)c1. The Kier molecular flexibility index (Phi) is 3.16. The van der Waals surface area contributed by atoms with Crippen molar-refractivity contribution in [2.24, 2.45) is 0 Å². The van der Waals surface area contributed by atoms with Gasteiger partial charge in [-0.15, -0.1) is 0 Å². The number of anilines is 1. The second-order valence-corrected chi connectivity index (χ2v) is 4.59. The van der Waals surface area contributed by atoms with Crippen molar-refractivity contribution in [1.82, 2.24) is 4.98 Å². The summed E-state index contributed by atoms with van der Waals surface area (Å²) in [4.78, 5) is 26.3. The highest BCUT2D eigenvalue weighted by molar-refractivity contribution is 6.12. The van der Waals surface area contributed by atoms with Gasteiger partial charge in [0.2, 0.25) is 0 Å². The van der Waals surface area contributed by atoms with E-state index < -0.39 is 5.97 Å². The highest BCUT2D eigenvalue weighted by Crippen LogP contribution is 2.19. The van der Waals surface area contributed by atoms with Crippen molar-refractivity contribution in [2.45, 2.75) is 0 Å². The molecule has 1 heterocycles. The zero-order valence-corrected chi connectivity index (χ0v) is 11.0. The molecule has 0 fully saturated rings. The zero-order chi connectivity index (χ0) is 14.8. The van der Waals surface area contributed by atoms with Crippen LogP contribution in [0.5, 0.6) is 0 Å². The van der Waals surface area contributed by atoms with E-state index in [4.69, 9.17) is 5.11 Å². The predicted molar refractivity (Wildman–Crippen MR) is 79.7 cm³/mol. The molecular weight excluding hydrogens is 268 g/mol. The lowest BCUT2D eigenvalue weighted by atomic mass is 10.1. The van der Waals surface area contributed by atoms with Gasteiger partial charge in [-0.3, -0.25) is 4.79 Å². The smallest absolute Gasteiger partial charge is 0.335 e. The van der Waals surface area contributed by atoms with Gasteiger partial charge in [-0.25, -0.2) is 4.79 Å². The van der Waals surface area contributed by atoms with E-state index in [0.717, 1.165) is 10.9 Å². The molecule has 0 saturated heterocycles. The van der Waals surface area contributed by atoms with Gasteiger partial charge in [-0.1, -0.05) is 18.2 Å². The molecule has 1 amide bonds. The maximum absolute atomic E-state index is 12.3. The number of H-pyrrole nitrogens is 1. The van der Waals surface area contributed by atoms with Crippen LogP contribution in [0.15, 0.2) is 54.7 Å². The van der Waals surface area contributed by atoms with Gasteiger partial charge in [0.25, 0.3) is 5.91 Å². The van der Waals surface area contributed by atoms with Crippen LogP contribution in [-0.2, 0) is 0 Å². The maximum atomic E-state index is 12.3. The molecule has 1 aromatic heterocycles. The third-order valence-electron chi connectivity index (χ3n) is 3.20. The Balaban J connectivity index is 1.91. The molecule has 5 nitrogen and oxygen atoms in total. The highest BCUT2D eigenvalue weighted by Gasteiger charge is 2.11. The molecule has 0 aliphatic carbocycles. The molecule has 0 aliphatic heterocycles. The largest absolute Gasteiger partial charge is 0.478 e. The van der Waals surface area contributed by atoms with E-state index in [1.54, 1.807) is 30.5 Å². The average molecular weight is 280 g/mol. The number of para-hydroxylation sites is 1. The fourth-order valence-corrected chi connectivity index (χ4v) is 2.20. The van der Waals surface area contributed by atoms with Crippen LogP contribution in [0.4, 0.5) is 5.69 Å². The number of carboxylic acid groups (broad SMARTS) is 1. The Morgan fingerprint density at radius 1 is 1.05 bits per heavy atom. The van der Waals surface area contributed by atoms with Crippen molar-refractivity contribution in [3.05, 3.63) is 65.9 Å². The number of aromatic carboxylic acids is 1. The minimum atomic E-state index is -1.03. The van der Waals surface area contributed by atoms with Gasteiger partial charge in [0.1, 0.15) is 0 Å². The molecule has 0 radical (unpaired) electrons. The highest BCUT2D eigenvalue weighted by atomic mass is 16.4. The first-order valence-electron chi connectivity index (χ1n) is 6.36. The van der Waals surface area contributed by atoms with Crippen molar-refractivity contribution >= 4 is 28.5 Å². The second-order valence-electron chi connectivity index (χ2n) is 4.59. The lowest BCUT2D eigenvalue weighted by Crippen LogP contribution is -2.13. The number of amides is 1. The summed E-state index contributed by atoms with van der Waals surface area (Å²) < 4.78 is 0. The average Bonchev–Trinajstić information content (AvgIpc) is 2.95. The maximum Gasteiger partial charge on any atom is 0.335 e. The van der Waals surface area contributed by atoms with Gasteiger partial charge in [0.15, 0.2) is 0 Å². The van der Waals surface area contributed by atoms with Gasteiger partial charge in [0.05, 0.1) is 16.6 Å². The molecular formula is C16H12N2O3. The standard InChI is InChI=1S/C16H12N2O3/c19-15(13-6-2-3-10-7-8-17-14(10)13)18-12-5-1-4-11(9-12)16(20)21/h1-9,17H,(H,18,19)(H,20,21). The first-order chi connectivity index (χ1) is 10.1. The summed E-state index contributed by atoms with van der Waals surface area (Å²) in [5, 5.41) is 12.6. The number of aromatic nitrogens is 1. The lowest BCUT2D eigenvalue weighted by Gasteiger charge is -2.07. The van der Waals surface area contributed by atoms with Crippen molar-refractivity contribution in [2.75, 3.05) is 5.32 Å². The van der Waals surface area contributed by atoms with Crippen molar-refractivity contribution < 1.29 is 14.7 Å². The number of fused-ring (bicyclic) bond motifs is 1. The Morgan fingerprint density at radius 2 is 1.86 bits per heavy atom. The molecule has 21 heavy (non-hydrogen) atoms. The molecule has 0 unspecified atom stereocenters. The molecule has 2 aromatic carbocycles. The summed E-state index contributed by atoms with van der Waals surface area (Å²) >= 11 is 0. The first-order valence-corrected chi connectivity index (χ1v) is 6.36. The van der Waals surface area contributed by atoms with Crippen LogP contribution in [-0.4, -0.2) is 22.0 Å². The van der Waals surface area contributed by atoms with Gasteiger partial charge >= 0.3 is 5.97 Å². The van der Waals surface area contributed by atoms with E-state index in [2.05, 4.69) is 10.3 Å². The van der Waals surface area contributed by atoms with Crippen LogP contribution >= 0.6 is 0 Å². The van der Waals surface area contributed by atoms with Gasteiger partial charge in [-0.2, -0.15) is 0 Å². The molecule has 0 saturated carbocycles. The Bertz CT molecular complexity index is 836. The summed E-state index contributed by atoms with van der Waals surface area (Å²) in [7, 11) is 0. The quantitative estimate of drug-likeness (QED) is 0.689. The predicted octanol–water partition coefficient (Wildman–Crippen LogP) is 3.12. The van der Waals surface area contributed by atoms with Gasteiger partial charge in [-0.05, 0) is 30.3 Å². The molecule has 3 aromatic rings. The summed E-state index contributed by atoms with van der Waals surface area (Å²) in [6.45, 7) is 0. The second kappa shape index (κ2) is 5.13. The molecule has 3 rings (SSSR count). The van der Waals surface area contributed by atoms with Crippen LogP contribution in [0.2, 0.25) is 0 Å². The zero-order valence-electron chi connectivity index (χ0n) is 11.0. The van der Waals surface area contributed by atoms with Crippen LogP contribution in [0.25, 0.3) is 10.9 Å². The number of carboxylic acids is 1. The minimum Gasteiger partial charge on any atom is -0.478 e. The molecule has 5 heteroatoms. The Hall–Kier alpha value is -3.08. The van der Waals surface area contributed by atoms with Crippen LogP contribution in [0, 0.1) is 0 Å². The summed E-state index contributed by atoms with van der Waals surface area (Å²) in [6.07, 6.45) is 1.77. The number of carbonyl (C=O) groups is 2. The number of hydrogen-bond acceptors (Lipinski definition) is 2. The van der Waals surface area contributed by atoms with Gasteiger partial charge in [0, 0.05) is 17.3 Å². The van der Waals surface area contributed by atoms with E-state index in [1.807, 2.05) is 12.1 Å². The summed E-state index contributed by atoms with van der Waals surface area (Å²) in [5.74, 6) is -1.32. The molecule has 0 aliphatic rings. The van der Waals surface area contributed by atoms with Crippen molar-refractivity contribution in [3.63, 3.8) is 0 Å². The normalized spacial score (nSPS) is 10.5. The van der Waals surface area contributed by atoms with E-state index >= 15 is 0 Å². The fraction of sp³-hybridized carbons (Fsp3) is 0. The van der Waals surface area contributed by atoms with Gasteiger partial charge < -0.3 is 15.4 Å². The lowest BCUT2D eigenvalue weighted by molar-refractivity contribution is 0.0696. The number of nitrogens with one attached hydrogen (secondary N) is 2. The monoisotopic (exact) mass is 280 g/mol. The molecule has 3 N–H and O–H groups in total. The Labute approximate surface area is 120 Å². The molecule has 104 valence electrons. The van der Waals surface area contributed by atoms with Crippen LogP contribution in [0.1, 0.15) is 20.7 Å². The van der Waals surface area contributed by atoms with Crippen molar-refractivity contribution in [1.29, 1.82) is 0 Å². The van der Waals surface area contributed by atoms with Crippen LogP contribution in [0.3, 0.4) is 0 Å². The minimum absolute atomic E-state index is 0.130. The first kappa shape index (κ1) is 12.9. The van der Waals surface area contributed by atoms with Crippen LogP contribution < -0.4 is 5.32 Å². The number of hydrogen-bond donors (Lipinski definition) is 3. The third-order valence-corrected chi connectivity index (χ3v) is 3.20. The number of rotatable bonds is 3. The van der Waals surface area contributed by atoms with Crippen molar-refractivity contribution in [3.8, 4) is 0 Å². The molecule has 0 bridgehead atoms. The molecule has 0 atom stereocenters. The fourth-order valence-electron chi connectivity index (χ4n) is 2.20. The summed E-state index contributed by atoms with van der Waals surface area (Å²) in [6, 6.07) is 13.5. The van der Waals surface area contributed by atoms with E-state index in [9.17, 15) is 9.59 Å². The number of carbonyl (C=O) groups excluding carboxylic acids is 1. The molecule has 0 spiro atoms. The Morgan fingerprint density at radius 3 is 2.67 bits per heavy atom.